The molecule has 2 amide bonds. The summed E-state index contributed by atoms with van der Waals surface area (Å²) in [6.45, 7) is 5.82. The Morgan fingerprint density at radius 3 is 2.67 bits per heavy atom. The van der Waals surface area contributed by atoms with Crippen LogP contribution in [-0.4, -0.2) is 33.0 Å². The molecule has 154 valence electrons. The minimum absolute atomic E-state index is 0.0864. The Hall–Kier alpha value is -3.41. The van der Waals surface area contributed by atoms with Gasteiger partial charge in [-0.25, -0.2) is 0 Å². The van der Waals surface area contributed by atoms with Crippen molar-refractivity contribution in [2.24, 2.45) is 0 Å². The second kappa shape index (κ2) is 8.53. The third kappa shape index (κ3) is 4.27. The van der Waals surface area contributed by atoms with Crippen molar-refractivity contribution >= 4 is 11.8 Å². The summed E-state index contributed by atoms with van der Waals surface area (Å²) in [5.74, 6) is -0.360. The summed E-state index contributed by atoms with van der Waals surface area (Å²) in [4.78, 5) is 27.7. The van der Waals surface area contributed by atoms with Gasteiger partial charge in [-0.1, -0.05) is 60.2 Å². The lowest BCUT2D eigenvalue weighted by molar-refractivity contribution is 0.0745. The molecule has 1 N–H and O–H groups in total. The van der Waals surface area contributed by atoms with E-state index in [1.807, 2.05) is 67.3 Å². The average molecular weight is 402 g/mol. The van der Waals surface area contributed by atoms with Gasteiger partial charge in [0.25, 0.3) is 11.8 Å². The van der Waals surface area contributed by atoms with Crippen LogP contribution in [0.25, 0.3) is 0 Å². The molecule has 4 rings (SSSR count). The van der Waals surface area contributed by atoms with Gasteiger partial charge in [0.2, 0.25) is 0 Å². The molecule has 0 spiro atoms. The molecule has 1 aromatic heterocycles. The number of aromatic nitrogens is 2. The second-order valence-corrected chi connectivity index (χ2v) is 7.81. The summed E-state index contributed by atoms with van der Waals surface area (Å²) in [6, 6.07) is 19.4. The van der Waals surface area contributed by atoms with Crippen LogP contribution < -0.4 is 5.32 Å². The van der Waals surface area contributed by atoms with E-state index < -0.39 is 0 Å². The molecule has 0 aliphatic carbocycles. The number of aryl methyl sites for hydroxylation is 2. The maximum Gasteiger partial charge on any atom is 0.272 e. The van der Waals surface area contributed by atoms with Gasteiger partial charge >= 0.3 is 0 Å². The zero-order valence-corrected chi connectivity index (χ0v) is 17.3. The van der Waals surface area contributed by atoms with Crippen molar-refractivity contribution in [2.75, 3.05) is 6.54 Å². The smallest absolute Gasteiger partial charge is 0.272 e. The number of nitrogens with zero attached hydrogens (tertiary/aromatic N) is 3. The molecule has 2 aromatic carbocycles. The zero-order chi connectivity index (χ0) is 21.1. The van der Waals surface area contributed by atoms with E-state index in [1.54, 1.807) is 10.7 Å². The number of nitrogens with one attached hydrogen (secondary N) is 1. The maximum atomic E-state index is 13.1. The number of carbonyl (C=O) groups is 2. The molecule has 0 fully saturated rings. The van der Waals surface area contributed by atoms with Gasteiger partial charge in [0.15, 0.2) is 5.69 Å². The Bertz CT molecular complexity index is 1060. The molecule has 3 aromatic rings. The van der Waals surface area contributed by atoms with Crippen molar-refractivity contribution in [3.8, 4) is 0 Å². The molecular weight excluding hydrogens is 376 g/mol. The third-order valence-corrected chi connectivity index (χ3v) is 5.42. The summed E-state index contributed by atoms with van der Waals surface area (Å²) in [6.07, 6.45) is 0.799. The summed E-state index contributed by atoms with van der Waals surface area (Å²) in [5, 5.41) is 7.39. The fourth-order valence-corrected chi connectivity index (χ4v) is 3.82. The molecule has 2 heterocycles. The van der Waals surface area contributed by atoms with Gasteiger partial charge in [-0.05, 0) is 31.4 Å². The van der Waals surface area contributed by atoms with Gasteiger partial charge in [-0.15, -0.1) is 0 Å². The molecule has 0 unspecified atom stereocenters. The molecule has 0 saturated heterocycles. The van der Waals surface area contributed by atoms with Crippen LogP contribution in [0.15, 0.2) is 60.7 Å². The van der Waals surface area contributed by atoms with Crippen molar-refractivity contribution in [1.82, 2.24) is 20.0 Å². The molecule has 0 bridgehead atoms. The zero-order valence-electron chi connectivity index (χ0n) is 17.3. The van der Waals surface area contributed by atoms with Crippen LogP contribution in [0.4, 0.5) is 0 Å². The Kier molecular flexibility index (Phi) is 5.65. The predicted octanol–water partition coefficient (Wildman–Crippen LogP) is 3.73. The van der Waals surface area contributed by atoms with Crippen LogP contribution in [0.3, 0.4) is 0 Å². The monoisotopic (exact) mass is 402 g/mol. The van der Waals surface area contributed by atoms with Crippen LogP contribution >= 0.6 is 0 Å². The number of carbonyl (C=O) groups excluding carboxylic acids is 2. The summed E-state index contributed by atoms with van der Waals surface area (Å²) in [5.41, 5.74) is 4.04. The molecule has 0 radical (unpaired) electrons. The molecule has 0 saturated carbocycles. The van der Waals surface area contributed by atoms with Crippen LogP contribution in [0, 0.1) is 6.92 Å². The van der Waals surface area contributed by atoms with Crippen molar-refractivity contribution < 1.29 is 9.59 Å². The highest BCUT2D eigenvalue weighted by Crippen LogP contribution is 2.18. The van der Waals surface area contributed by atoms with E-state index in [0.29, 0.717) is 25.3 Å². The second-order valence-electron chi connectivity index (χ2n) is 7.81. The lowest BCUT2D eigenvalue weighted by Crippen LogP contribution is -2.30. The molecule has 1 aliphatic rings. The summed E-state index contributed by atoms with van der Waals surface area (Å²) in [7, 11) is 0. The molecule has 30 heavy (non-hydrogen) atoms. The van der Waals surface area contributed by atoms with E-state index >= 15 is 0 Å². The molecule has 6 heteroatoms. The minimum atomic E-state index is -0.273. The Balaban J connectivity index is 1.50. The first kappa shape index (κ1) is 19.9. The van der Waals surface area contributed by atoms with Gasteiger partial charge in [0.1, 0.15) is 5.69 Å². The maximum absolute atomic E-state index is 13.1. The number of hydrogen-bond acceptors (Lipinski definition) is 3. The van der Waals surface area contributed by atoms with E-state index in [2.05, 4.69) is 16.5 Å². The van der Waals surface area contributed by atoms with Gasteiger partial charge < -0.3 is 10.2 Å². The lowest BCUT2D eigenvalue weighted by atomic mass is 10.1. The quantitative estimate of drug-likeness (QED) is 0.707. The van der Waals surface area contributed by atoms with E-state index in [9.17, 15) is 9.59 Å². The van der Waals surface area contributed by atoms with Gasteiger partial charge in [0.05, 0.1) is 6.04 Å². The first-order chi connectivity index (χ1) is 14.5. The molecular formula is C24H26N4O2. The number of amides is 2. The van der Waals surface area contributed by atoms with Crippen LogP contribution in [0.5, 0.6) is 0 Å². The molecule has 1 atom stereocenters. The van der Waals surface area contributed by atoms with Gasteiger partial charge in [0, 0.05) is 25.7 Å². The number of rotatable bonds is 5. The normalized spacial score (nSPS) is 14.7. The van der Waals surface area contributed by atoms with Crippen LogP contribution in [-0.2, 0) is 13.1 Å². The van der Waals surface area contributed by atoms with Gasteiger partial charge in [-0.2, -0.15) is 5.10 Å². The average Bonchev–Trinajstić information content (AvgIpc) is 3.12. The predicted molar refractivity (Wildman–Crippen MR) is 115 cm³/mol. The lowest BCUT2D eigenvalue weighted by Gasteiger charge is -2.20. The van der Waals surface area contributed by atoms with E-state index in [-0.39, 0.29) is 23.6 Å². The first-order valence-electron chi connectivity index (χ1n) is 10.3. The minimum Gasteiger partial charge on any atom is -0.344 e. The number of fused-ring (bicyclic) bond motifs is 1. The first-order valence-corrected chi connectivity index (χ1v) is 10.3. The highest BCUT2D eigenvalue weighted by atomic mass is 16.2. The number of hydrogen-bond donors (Lipinski definition) is 1. The SMILES string of the molecule is Cc1cccc(CN2CCCn3nc(C(=O)N[C@H](C)c4ccccc4)cc3C2=O)c1. The van der Waals surface area contributed by atoms with Gasteiger partial charge in [-0.3, -0.25) is 14.3 Å². The van der Waals surface area contributed by atoms with Crippen LogP contribution in [0.1, 0.15) is 57.1 Å². The van der Waals surface area contributed by atoms with Crippen molar-refractivity contribution in [3.63, 3.8) is 0 Å². The van der Waals surface area contributed by atoms with Crippen LogP contribution in [0.2, 0.25) is 0 Å². The van der Waals surface area contributed by atoms with E-state index in [1.165, 1.54) is 5.56 Å². The highest BCUT2D eigenvalue weighted by Gasteiger charge is 2.26. The van der Waals surface area contributed by atoms with E-state index in [4.69, 9.17) is 0 Å². The van der Waals surface area contributed by atoms with Crippen molar-refractivity contribution in [1.29, 1.82) is 0 Å². The third-order valence-electron chi connectivity index (χ3n) is 5.42. The summed E-state index contributed by atoms with van der Waals surface area (Å²) < 4.78 is 1.67. The van der Waals surface area contributed by atoms with E-state index in [0.717, 1.165) is 17.5 Å². The Morgan fingerprint density at radius 1 is 1.10 bits per heavy atom. The van der Waals surface area contributed by atoms with Crippen molar-refractivity contribution in [2.45, 2.75) is 39.4 Å². The Labute approximate surface area is 176 Å². The standard InChI is InChI=1S/C24H26N4O2/c1-17-8-6-9-19(14-17)16-27-12-7-13-28-22(24(27)30)15-21(26-28)23(29)25-18(2)20-10-4-3-5-11-20/h3-6,8-11,14-15,18H,7,12-13,16H2,1-2H3,(H,25,29)/t18-/m1/s1. The topological polar surface area (TPSA) is 67.2 Å². The van der Waals surface area contributed by atoms with Crippen molar-refractivity contribution in [3.05, 3.63) is 88.7 Å². The highest BCUT2D eigenvalue weighted by molar-refractivity contribution is 5.98. The fourth-order valence-electron chi connectivity index (χ4n) is 3.82. The fraction of sp³-hybridized carbons (Fsp3) is 0.292. The number of benzene rings is 2. The molecule has 1 aliphatic heterocycles. The molecule has 6 nitrogen and oxygen atoms in total. The Morgan fingerprint density at radius 2 is 1.90 bits per heavy atom. The summed E-state index contributed by atoms with van der Waals surface area (Å²) >= 11 is 0. The largest absolute Gasteiger partial charge is 0.344 e.